The molecule has 0 spiro atoms. The van der Waals surface area contributed by atoms with E-state index in [1.165, 1.54) is 0 Å². The third-order valence-electron chi connectivity index (χ3n) is 1.36. The number of nitrogen functional groups attached to an aromatic ring is 1. The molecule has 2 N–H and O–H groups in total. The average Bonchev–Trinajstić information content (AvgIpc) is 2.04. The van der Waals surface area contributed by atoms with Crippen LogP contribution in [0.15, 0.2) is 18.3 Å². The summed E-state index contributed by atoms with van der Waals surface area (Å²) < 4.78 is 25.4. The zero-order valence-corrected chi connectivity index (χ0v) is 6.28. The van der Waals surface area contributed by atoms with Crippen LogP contribution in [0.5, 0.6) is 0 Å². The molecule has 0 unspecified atom stereocenters. The zero-order valence-electron chi connectivity index (χ0n) is 6.28. The van der Waals surface area contributed by atoms with Gasteiger partial charge in [0.15, 0.2) is 0 Å². The van der Waals surface area contributed by atoms with Crippen molar-refractivity contribution in [1.82, 2.24) is 4.98 Å². The predicted molar refractivity (Wildman–Crippen MR) is 39.5 cm³/mol. The second-order valence-electron chi connectivity index (χ2n) is 2.27. The van der Waals surface area contributed by atoms with Crippen molar-refractivity contribution in [2.75, 3.05) is 5.73 Å². The lowest BCUT2D eigenvalue weighted by Crippen LogP contribution is -2.24. The summed E-state index contributed by atoms with van der Waals surface area (Å²) in [4.78, 5) is 11.7. The van der Waals surface area contributed by atoms with Crippen LogP contribution in [0.1, 0.15) is 5.56 Å². The van der Waals surface area contributed by atoms with Gasteiger partial charge in [-0.2, -0.15) is 0 Å². The molecule has 0 radical (unpaired) electrons. The van der Waals surface area contributed by atoms with Gasteiger partial charge in [-0.3, -0.25) is 10.1 Å². The molecule has 0 amide bonds. The van der Waals surface area contributed by atoms with Crippen molar-refractivity contribution < 1.29 is 13.7 Å². The van der Waals surface area contributed by atoms with Crippen LogP contribution < -0.4 is 5.73 Å². The molecule has 0 fully saturated rings. The Labute approximate surface area is 71.3 Å². The summed E-state index contributed by atoms with van der Waals surface area (Å²) in [7, 11) is 0. The van der Waals surface area contributed by atoms with Crippen LogP contribution in [0.2, 0.25) is 0 Å². The van der Waals surface area contributed by atoms with Crippen LogP contribution in [0.4, 0.5) is 14.6 Å². The molecular weight excluding hydrogens is 184 g/mol. The van der Waals surface area contributed by atoms with E-state index in [1.807, 2.05) is 0 Å². The lowest BCUT2D eigenvalue weighted by atomic mass is 10.2. The van der Waals surface area contributed by atoms with Gasteiger partial charge in [0.1, 0.15) is 16.3 Å². The minimum atomic E-state index is -4.11. The standard InChI is InChI=1S/C6H5F2N3O2/c7-6(8,11(12)13)4-1-2-10-5(9)3-4/h1-3H,(H2,9,10). The van der Waals surface area contributed by atoms with E-state index >= 15 is 0 Å². The zero-order chi connectivity index (χ0) is 10.1. The van der Waals surface area contributed by atoms with E-state index in [0.717, 1.165) is 18.3 Å². The number of anilines is 1. The largest absolute Gasteiger partial charge is 0.539 e. The molecule has 1 aromatic heterocycles. The van der Waals surface area contributed by atoms with E-state index in [-0.39, 0.29) is 5.82 Å². The highest BCUT2D eigenvalue weighted by Gasteiger charge is 2.46. The van der Waals surface area contributed by atoms with Crippen LogP contribution in [0, 0.1) is 10.1 Å². The maximum Gasteiger partial charge on any atom is 0.539 e. The molecule has 13 heavy (non-hydrogen) atoms. The Morgan fingerprint density at radius 3 is 2.69 bits per heavy atom. The first-order valence-corrected chi connectivity index (χ1v) is 3.19. The van der Waals surface area contributed by atoms with Gasteiger partial charge in [0.25, 0.3) is 0 Å². The molecule has 1 heterocycles. The number of hydrogen-bond donors (Lipinski definition) is 1. The van der Waals surface area contributed by atoms with Gasteiger partial charge in [-0.05, 0) is 12.1 Å². The smallest absolute Gasteiger partial charge is 0.384 e. The summed E-state index contributed by atoms with van der Waals surface area (Å²) >= 11 is 0. The molecular formula is C6H5F2N3O2. The molecule has 1 rings (SSSR count). The van der Waals surface area contributed by atoms with Crippen molar-refractivity contribution in [2.45, 2.75) is 6.05 Å². The van der Waals surface area contributed by atoms with Crippen LogP contribution in [-0.2, 0) is 6.05 Å². The van der Waals surface area contributed by atoms with Gasteiger partial charge in [0.2, 0.25) is 0 Å². The Morgan fingerprint density at radius 2 is 2.23 bits per heavy atom. The van der Waals surface area contributed by atoms with Crippen LogP contribution in [-0.4, -0.2) is 9.91 Å². The minimum absolute atomic E-state index is 0.181. The monoisotopic (exact) mass is 189 g/mol. The normalized spacial score (nSPS) is 11.2. The van der Waals surface area contributed by atoms with Gasteiger partial charge < -0.3 is 5.73 Å². The topological polar surface area (TPSA) is 82.0 Å². The second kappa shape index (κ2) is 2.92. The van der Waals surface area contributed by atoms with Crippen molar-refractivity contribution in [1.29, 1.82) is 0 Å². The fourth-order valence-corrected chi connectivity index (χ4v) is 0.741. The number of aromatic nitrogens is 1. The molecule has 7 heteroatoms. The number of pyridine rings is 1. The Kier molecular flexibility index (Phi) is 2.09. The lowest BCUT2D eigenvalue weighted by molar-refractivity contribution is -0.656. The maximum atomic E-state index is 12.7. The summed E-state index contributed by atoms with van der Waals surface area (Å²) in [6.45, 7) is 0. The molecule has 0 aliphatic rings. The van der Waals surface area contributed by atoms with E-state index in [9.17, 15) is 18.9 Å². The summed E-state index contributed by atoms with van der Waals surface area (Å²) in [5, 5.41) is 9.93. The highest BCUT2D eigenvalue weighted by atomic mass is 19.3. The number of alkyl halides is 2. The molecule has 0 saturated heterocycles. The molecule has 70 valence electrons. The molecule has 5 nitrogen and oxygen atoms in total. The maximum absolute atomic E-state index is 12.7. The summed E-state index contributed by atoms with van der Waals surface area (Å²) in [5.74, 6) is -0.181. The molecule has 0 bridgehead atoms. The predicted octanol–water partition coefficient (Wildman–Crippen LogP) is 0.990. The number of nitro groups is 1. The van der Waals surface area contributed by atoms with Crippen LogP contribution >= 0.6 is 0 Å². The fraction of sp³-hybridized carbons (Fsp3) is 0.167. The van der Waals surface area contributed by atoms with Crippen LogP contribution in [0.25, 0.3) is 0 Å². The Balaban J connectivity index is 3.14. The second-order valence-corrected chi connectivity index (χ2v) is 2.27. The van der Waals surface area contributed by atoms with E-state index in [0.29, 0.717) is 0 Å². The molecule has 0 aliphatic carbocycles. The number of halogens is 2. The van der Waals surface area contributed by atoms with Gasteiger partial charge in [-0.25, -0.2) is 4.98 Å². The van der Waals surface area contributed by atoms with Crippen molar-refractivity contribution in [3.63, 3.8) is 0 Å². The number of nitrogens with two attached hydrogens (primary N) is 1. The number of rotatable bonds is 2. The molecule has 0 aromatic carbocycles. The van der Waals surface area contributed by atoms with Crippen LogP contribution in [0.3, 0.4) is 0 Å². The van der Waals surface area contributed by atoms with Gasteiger partial charge in [0.05, 0.1) is 0 Å². The molecule has 0 aliphatic heterocycles. The van der Waals surface area contributed by atoms with E-state index < -0.39 is 16.5 Å². The van der Waals surface area contributed by atoms with Crippen molar-refractivity contribution in [3.8, 4) is 0 Å². The summed E-state index contributed by atoms with van der Waals surface area (Å²) in [6.07, 6.45) is 0.988. The quantitative estimate of drug-likeness (QED) is 0.427. The SMILES string of the molecule is Nc1cc(C(F)(F)[N+](=O)[O-])ccn1. The van der Waals surface area contributed by atoms with E-state index in [1.54, 1.807) is 0 Å². The first-order chi connectivity index (χ1) is 5.94. The van der Waals surface area contributed by atoms with Crippen molar-refractivity contribution in [3.05, 3.63) is 34.0 Å². The Morgan fingerprint density at radius 1 is 1.62 bits per heavy atom. The van der Waals surface area contributed by atoms with E-state index in [4.69, 9.17) is 5.73 Å². The van der Waals surface area contributed by atoms with E-state index in [2.05, 4.69) is 4.98 Å². The molecule has 1 aromatic rings. The minimum Gasteiger partial charge on any atom is -0.384 e. The third kappa shape index (κ3) is 1.68. The third-order valence-corrected chi connectivity index (χ3v) is 1.36. The number of hydrogen-bond acceptors (Lipinski definition) is 4. The lowest BCUT2D eigenvalue weighted by Gasteiger charge is -2.06. The van der Waals surface area contributed by atoms with Gasteiger partial charge in [-0.15, -0.1) is 8.78 Å². The first-order valence-electron chi connectivity index (χ1n) is 3.19. The highest BCUT2D eigenvalue weighted by Crippen LogP contribution is 2.28. The van der Waals surface area contributed by atoms with Gasteiger partial charge >= 0.3 is 6.05 Å². The van der Waals surface area contributed by atoms with Crippen molar-refractivity contribution >= 4 is 5.82 Å². The van der Waals surface area contributed by atoms with Gasteiger partial charge in [-0.1, -0.05) is 0 Å². The highest BCUT2D eigenvalue weighted by molar-refractivity contribution is 5.33. The molecule has 0 saturated carbocycles. The summed E-state index contributed by atoms with van der Waals surface area (Å²) in [6, 6.07) is -2.50. The Bertz CT molecular complexity index is 342. The number of nitrogens with zero attached hydrogens (tertiary/aromatic N) is 2. The fourth-order valence-electron chi connectivity index (χ4n) is 0.741. The van der Waals surface area contributed by atoms with Gasteiger partial charge in [0, 0.05) is 6.20 Å². The molecule has 0 atom stereocenters. The summed E-state index contributed by atoms with van der Waals surface area (Å²) in [5.41, 5.74) is 4.32. The average molecular weight is 189 g/mol. The Hall–Kier alpha value is -1.79. The van der Waals surface area contributed by atoms with Crippen molar-refractivity contribution in [2.24, 2.45) is 0 Å². The first kappa shape index (κ1) is 9.30.